The molecule has 0 amide bonds. The van der Waals surface area contributed by atoms with Crippen LogP contribution in [0.4, 0.5) is 0 Å². The summed E-state index contributed by atoms with van der Waals surface area (Å²) in [4.78, 5) is 4.33. The largest absolute Gasteiger partial charge is 0.497 e. The molecule has 0 aliphatic rings. The van der Waals surface area contributed by atoms with Crippen LogP contribution in [-0.4, -0.2) is 20.5 Å². The Balaban J connectivity index is 1.93. The van der Waals surface area contributed by atoms with E-state index in [0.717, 1.165) is 22.2 Å². The summed E-state index contributed by atoms with van der Waals surface area (Å²) in [5.74, 6) is 1.82. The van der Waals surface area contributed by atoms with E-state index in [9.17, 15) is 8.42 Å². The van der Waals surface area contributed by atoms with E-state index in [4.69, 9.17) is 14.6 Å². The predicted octanol–water partition coefficient (Wildman–Crippen LogP) is 3.13. The molecular formula is C18H18N2O4S. The summed E-state index contributed by atoms with van der Waals surface area (Å²) in [6, 6.07) is 12.5. The van der Waals surface area contributed by atoms with Gasteiger partial charge in [0.1, 0.15) is 17.2 Å². The van der Waals surface area contributed by atoms with E-state index in [-0.39, 0.29) is 5.75 Å². The zero-order valence-electron chi connectivity index (χ0n) is 13.9. The van der Waals surface area contributed by atoms with Gasteiger partial charge in [-0.25, -0.2) is 13.6 Å². The van der Waals surface area contributed by atoms with Crippen molar-refractivity contribution in [3.63, 3.8) is 0 Å². The van der Waals surface area contributed by atoms with Crippen LogP contribution in [0.25, 0.3) is 10.9 Å². The van der Waals surface area contributed by atoms with E-state index in [0.29, 0.717) is 17.1 Å². The first-order valence-corrected chi connectivity index (χ1v) is 9.28. The number of methoxy groups -OCH3 is 1. The van der Waals surface area contributed by atoms with E-state index in [1.54, 1.807) is 37.6 Å². The fourth-order valence-electron chi connectivity index (χ4n) is 2.58. The summed E-state index contributed by atoms with van der Waals surface area (Å²) >= 11 is 0. The summed E-state index contributed by atoms with van der Waals surface area (Å²) in [6.07, 6.45) is 1.67. The molecule has 1 heterocycles. The van der Waals surface area contributed by atoms with Crippen molar-refractivity contribution in [3.8, 4) is 17.2 Å². The van der Waals surface area contributed by atoms with Crippen LogP contribution in [0.1, 0.15) is 11.1 Å². The van der Waals surface area contributed by atoms with Gasteiger partial charge < -0.3 is 9.47 Å². The average molecular weight is 358 g/mol. The lowest BCUT2D eigenvalue weighted by Gasteiger charge is -2.12. The number of nitrogens with two attached hydrogens (primary N) is 1. The first kappa shape index (κ1) is 17.2. The number of primary sulfonamides is 1. The van der Waals surface area contributed by atoms with E-state index in [2.05, 4.69) is 4.98 Å². The fraction of sp³-hybridized carbons (Fsp3) is 0.167. The molecule has 130 valence electrons. The van der Waals surface area contributed by atoms with E-state index < -0.39 is 10.0 Å². The lowest BCUT2D eigenvalue weighted by molar-refractivity contribution is 0.415. The standard InChI is InChI=1S/C18H18N2O4S/c1-12-9-13(11-25(19,21)22)3-6-17(12)24-18-7-8-20-16-10-14(23-2)4-5-15(16)18/h3-10H,11H2,1-2H3,(H2,19,21,22). The molecule has 0 radical (unpaired) electrons. The smallest absolute Gasteiger partial charge is 0.213 e. The molecule has 2 N–H and O–H groups in total. The Morgan fingerprint density at radius 3 is 2.56 bits per heavy atom. The number of pyridine rings is 1. The molecule has 3 aromatic rings. The summed E-state index contributed by atoms with van der Waals surface area (Å²) in [5, 5.41) is 5.95. The molecule has 0 bridgehead atoms. The van der Waals surface area contributed by atoms with Crippen LogP contribution in [0.5, 0.6) is 17.2 Å². The van der Waals surface area contributed by atoms with Gasteiger partial charge in [-0.05, 0) is 42.3 Å². The van der Waals surface area contributed by atoms with Crippen LogP contribution in [0.15, 0.2) is 48.7 Å². The molecule has 0 unspecified atom stereocenters. The third-order valence-electron chi connectivity index (χ3n) is 3.74. The van der Waals surface area contributed by atoms with Crippen molar-refractivity contribution in [2.45, 2.75) is 12.7 Å². The molecule has 25 heavy (non-hydrogen) atoms. The zero-order valence-corrected chi connectivity index (χ0v) is 14.7. The van der Waals surface area contributed by atoms with Crippen molar-refractivity contribution < 1.29 is 17.9 Å². The van der Waals surface area contributed by atoms with Gasteiger partial charge in [0, 0.05) is 17.6 Å². The number of hydrogen-bond donors (Lipinski definition) is 1. The van der Waals surface area contributed by atoms with Crippen molar-refractivity contribution in [3.05, 3.63) is 59.8 Å². The SMILES string of the molecule is COc1ccc2c(Oc3ccc(CS(N)(=O)=O)cc3C)ccnc2c1. The second-order valence-electron chi connectivity index (χ2n) is 5.70. The normalized spacial score (nSPS) is 11.5. The maximum absolute atomic E-state index is 11.2. The van der Waals surface area contributed by atoms with Crippen molar-refractivity contribution in [1.82, 2.24) is 4.98 Å². The number of hydrogen-bond acceptors (Lipinski definition) is 5. The highest BCUT2D eigenvalue weighted by atomic mass is 32.2. The molecule has 7 heteroatoms. The van der Waals surface area contributed by atoms with Gasteiger partial charge in [0.05, 0.1) is 18.4 Å². The molecular weight excluding hydrogens is 340 g/mol. The minimum absolute atomic E-state index is 0.202. The Labute approximate surface area is 146 Å². The minimum Gasteiger partial charge on any atom is -0.497 e. The maximum atomic E-state index is 11.2. The van der Waals surface area contributed by atoms with Gasteiger partial charge >= 0.3 is 0 Å². The Hall–Kier alpha value is -2.64. The van der Waals surface area contributed by atoms with Crippen molar-refractivity contribution in [2.24, 2.45) is 5.14 Å². The minimum atomic E-state index is -3.56. The van der Waals surface area contributed by atoms with Gasteiger partial charge in [-0.1, -0.05) is 12.1 Å². The van der Waals surface area contributed by atoms with Gasteiger partial charge in [0.15, 0.2) is 0 Å². The quantitative estimate of drug-likeness (QED) is 0.756. The molecule has 2 aromatic carbocycles. The molecule has 0 saturated heterocycles. The number of sulfonamides is 1. The van der Waals surface area contributed by atoms with Crippen LogP contribution >= 0.6 is 0 Å². The van der Waals surface area contributed by atoms with Crippen LogP contribution in [-0.2, 0) is 15.8 Å². The first-order valence-electron chi connectivity index (χ1n) is 7.56. The molecule has 0 aliphatic carbocycles. The van der Waals surface area contributed by atoms with Crippen LogP contribution in [0.3, 0.4) is 0 Å². The number of aryl methyl sites for hydroxylation is 1. The van der Waals surface area contributed by atoms with Gasteiger partial charge in [-0.2, -0.15) is 0 Å². The highest BCUT2D eigenvalue weighted by molar-refractivity contribution is 7.88. The highest BCUT2D eigenvalue weighted by Crippen LogP contribution is 2.32. The van der Waals surface area contributed by atoms with Crippen LogP contribution in [0.2, 0.25) is 0 Å². The molecule has 0 aliphatic heterocycles. The van der Waals surface area contributed by atoms with Crippen LogP contribution < -0.4 is 14.6 Å². The van der Waals surface area contributed by atoms with E-state index in [1.165, 1.54) is 0 Å². The van der Waals surface area contributed by atoms with Gasteiger partial charge in [-0.3, -0.25) is 4.98 Å². The Kier molecular flexibility index (Phi) is 4.61. The number of ether oxygens (including phenoxy) is 2. The summed E-state index contributed by atoms with van der Waals surface area (Å²) in [5.41, 5.74) is 2.21. The summed E-state index contributed by atoms with van der Waals surface area (Å²) in [7, 11) is -1.96. The molecule has 6 nitrogen and oxygen atoms in total. The Morgan fingerprint density at radius 2 is 1.88 bits per heavy atom. The van der Waals surface area contributed by atoms with Crippen molar-refractivity contribution >= 4 is 20.9 Å². The van der Waals surface area contributed by atoms with Crippen LogP contribution in [0, 0.1) is 6.92 Å². The van der Waals surface area contributed by atoms with Crippen molar-refractivity contribution in [1.29, 1.82) is 0 Å². The Bertz CT molecular complexity index is 1030. The topological polar surface area (TPSA) is 91.5 Å². The monoisotopic (exact) mass is 358 g/mol. The lowest BCUT2D eigenvalue weighted by atomic mass is 10.1. The molecule has 1 aromatic heterocycles. The average Bonchev–Trinajstić information content (AvgIpc) is 2.55. The molecule has 0 spiro atoms. The number of rotatable bonds is 5. The molecule has 0 atom stereocenters. The highest BCUT2D eigenvalue weighted by Gasteiger charge is 2.10. The second-order valence-corrected chi connectivity index (χ2v) is 7.32. The number of aromatic nitrogens is 1. The van der Waals surface area contributed by atoms with Gasteiger partial charge in [0.25, 0.3) is 0 Å². The van der Waals surface area contributed by atoms with Gasteiger partial charge in [0.2, 0.25) is 10.0 Å². The third kappa shape index (κ3) is 4.07. The number of nitrogens with zero attached hydrogens (tertiary/aromatic N) is 1. The predicted molar refractivity (Wildman–Crippen MR) is 96.4 cm³/mol. The maximum Gasteiger partial charge on any atom is 0.213 e. The summed E-state index contributed by atoms with van der Waals surface area (Å²) in [6.45, 7) is 1.86. The zero-order chi connectivity index (χ0) is 18.0. The molecule has 0 fully saturated rings. The second kappa shape index (κ2) is 6.70. The molecule has 0 saturated carbocycles. The first-order chi connectivity index (χ1) is 11.9. The third-order valence-corrected chi connectivity index (χ3v) is 4.47. The summed E-state index contributed by atoms with van der Waals surface area (Å²) < 4.78 is 33.7. The van der Waals surface area contributed by atoms with Gasteiger partial charge in [-0.15, -0.1) is 0 Å². The fourth-order valence-corrected chi connectivity index (χ4v) is 3.23. The lowest BCUT2D eigenvalue weighted by Crippen LogP contribution is -2.14. The molecule has 3 rings (SSSR count). The van der Waals surface area contributed by atoms with E-state index >= 15 is 0 Å². The Morgan fingerprint density at radius 1 is 1.08 bits per heavy atom. The van der Waals surface area contributed by atoms with E-state index in [1.807, 2.05) is 25.1 Å². The number of fused-ring (bicyclic) bond motifs is 1. The van der Waals surface area contributed by atoms with Crippen molar-refractivity contribution in [2.75, 3.05) is 7.11 Å². The number of benzene rings is 2.